The Bertz CT molecular complexity index is 1040. The highest BCUT2D eigenvalue weighted by Gasteiger charge is 2.64. The first-order valence-corrected chi connectivity index (χ1v) is 8.44. The number of carbonyl (C=O) groups is 2. The Morgan fingerprint density at radius 2 is 1.63 bits per heavy atom. The monoisotopic (exact) mass is 375 g/mol. The van der Waals surface area contributed by atoms with E-state index in [0.717, 1.165) is 0 Å². The second kappa shape index (κ2) is 5.93. The topological polar surface area (TPSA) is 111 Å². The zero-order chi connectivity index (χ0) is 19.2. The van der Waals surface area contributed by atoms with Crippen LogP contribution in [-0.4, -0.2) is 27.2 Å². The number of fused-ring (bicyclic) bond motifs is 1. The minimum Gasteiger partial charge on any atom is -0.383 e. The zero-order valence-corrected chi connectivity index (χ0v) is 14.7. The molecule has 0 unspecified atom stereocenters. The standard InChI is InChI=1S/C19H13N5O2S/c20-10-14-17(21)23-24(18(27)22-11-6-2-1-3-7-11)19(14)15(25)12-8-4-5-9-13(12)16(19)26/h1-9,23H,21H2,(H,22,27). The minimum absolute atomic E-state index is 0.0453. The van der Waals surface area contributed by atoms with Gasteiger partial charge in [-0.05, 0) is 24.4 Å². The molecular weight excluding hydrogens is 362 g/mol. The summed E-state index contributed by atoms with van der Waals surface area (Å²) >= 11 is 5.43. The van der Waals surface area contributed by atoms with Crippen molar-refractivity contribution < 1.29 is 9.59 Å². The SMILES string of the molecule is N#CC1=C(N)NN(C(=S)Nc2ccccc2)C12C(=O)c1ccccc1C2=O. The van der Waals surface area contributed by atoms with Crippen molar-refractivity contribution in [3.8, 4) is 6.07 Å². The van der Waals surface area contributed by atoms with E-state index in [2.05, 4.69) is 10.7 Å². The molecule has 0 atom stereocenters. The van der Waals surface area contributed by atoms with Gasteiger partial charge in [-0.3, -0.25) is 15.0 Å². The Morgan fingerprint density at radius 1 is 1.07 bits per heavy atom. The molecule has 8 heteroatoms. The fraction of sp³-hybridized carbons (Fsp3) is 0.0526. The first-order chi connectivity index (χ1) is 13.0. The predicted octanol–water partition coefficient (Wildman–Crippen LogP) is 1.72. The van der Waals surface area contributed by atoms with Crippen molar-refractivity contribution in [2.75, 3.05) is 5.32 Å². The van der Waals surface area contributed by atoms with Gasteiger partial charge < -0.3 is 11.1 Å². The Hall–Kier alpha value is -3.70. The lowest BCUT2D eigenvalue weighted by molar-refractivity contribution is 0.0690. The Balaban J connectivity index is 1.83. The Morgan fingerprint density at radius 3 is 2.19 bits per heavy atom. The number of Topliss-reactive ketones (excluding diaryl/α,β-unsaturated/α-hetero) is 2. The molecule has 0 radical (unpaired) electrons. The number of carbonyl (C=O) groups excluding carboxylic acids is 2. The van der Waals surface area contributed by atoms with Gasteiger partial charge in [0.1, 0.15) is 17.5 Å². The van der Waals surface area contributed by atoms with Gasteiger partial charge in [0.05, 0.1) is 0 Å². The summed E-state index contributed by atoms with van der Waals surface area (Å²) in [6, 6.07) is 17.4. The lowest BCUT2D eigenvalue weighted by Crippen LogP contribution is -2.61. The molecule has 0 saturated heterocycles. The third kappa shape index (κ3) is 2.16. The number of ketones is 2. The van der Waals surface area contributed by atoms with Crippen molar-refractivity contribution in [3.05, 3.63) is 77.1 Å². The van der Waals surface area contributed by atoms with Crippen LogP contribution in [0.5, 0.6) is 0 Å². The number of nitrogens with one attached hydrogen (secondary N) is 2. The van der Waals surface area contributed by atoms with Crippen LogP contribution in [0.3, 0.4) is 0 Å². The van der Waals surface area contributed by atoms with Gasteiger partial charge in [-0.15, -0.1) is 0 Å². The smallest absolute Gasteiger partial charge is 0.227 e. The van der Waals surface area contributed by atoms with Crippen molar-refractivity contribution in [2.24, 2.45) is 5.73 Å². The third-order valence-electron chi connectivity index (χ3n) is 4.61. The first kappa shape index (κ1) is 16.8. The molecule has 4 rings (SSSR count). The van der Waals surface area contributed by atoms with Crippen LogP contribution in [0.2, 0.25) is 0 Å². The summed E-state index contributed by atoms with van der Waals surface area (Å²) in [5, 5.41) is 13.8. The average molecular weight is 375 g/mol. The number of nitrogens with zero attached hydrogens (tertiary/aromatic N) is 2. The quantitative estimate of drug-likeness (QED) is 0.510. The number of hydrazine groups is 1. The van der Waals surface area contributed by atoms with Gasteiger partial charge in [0.25, 0.3) is 0 Å². The molecule has 2 aromatic rings. The van der Waals surface area contributed by atoms with Gasteiger partial charge >= 0.3 is 0 Å². The number of anilines is 1. The number of thiocarbonyl (C=S) groups is 1. The number of para-hydroxylation sites is 1. The largest absolute Gasteiger partial charge is 0.383 e. The summed E-state index contributed by atoms with van der Waals surface area (Å²) in [5.74, 6) is -1.15. The molecule has 132 valence electrons. The van der Waals surface area contributed by atoms with Crippen molar-refractivity contribution in [2.45, 2.75) is 5.54 Å². The van der Waals surface area contributed by atoms with Crippen LogP contribution in [0.1, 0.15) is 20.7 Å². The molecule has 2 aromatic carbocycles. The van der Waals surface area contributed by atoms with Crippen molar-refractivity contribution >= 4 is 34.6 Å². The molecule has 27 heavy (non-hydrogen) atoms. The number of rotatable bonds is 1. The summed E-state index contributed by atoms with van der Waals surface area (Å²) in [5.41, 5.74) is 7.70. The van der Waals surface area contributed by atoms with Gasteiger partial charge in [-0.1, -0.05) is 42.5 Å². The minimum atomic E-state index is -1.94. The molecule has 7 nitrogen and oxygen atoms in total. The molecule has 0 amide bonds. The lowest BCUT2D eigenvalue weighted by atomic mass is 9.85. The summed E-state index contributed by atoms with van der Waals surface area (Å²) in [4.78, 5) is 26.6. The second-order valence-electron chi connectivity index (χ2n) is 6.06. The van der Waals surface area contributed by atoms with E-state index in [1.807, 2.05) is 24.3 Å². The molecule has 0 fully saturated rings. The summed E-state index contributed by atoms with van der Waals surface area (Å²) < 4.78 is 0. The van der Waals surface area contributed by atoms with E-state index >= 15 is 0 Å². The molecular formula is C19H13N5O2S. The fourth-order valence-corrected chi connectivity index (χ4v) is 3.71. The van der Waals surface area contributed by atoms with Crippen LogP contribution >= 0.6 is 12.2 Å². The summed E-state index contributed by atoms with van der Waals surface area (Å²) in [7, 11) is 0. The maximum Gasteiger partial charge on any atom is 0.227 e. The van der Waals surface area contributed by atoms with E-state index in [1.54, 1.807) is 36.4 Å². The molecule has 2 aliphatic rings. The second-order valence-corrected chi connectivity index (χ2v) is 6.44. The number of benzene rings is 2. The van der Waals surface area contributed by atoms with Crippen LogP contribution in [0.25, 0.3) is 0 Å². The Kier molecular flexibility index (Phi) is 3.68. The van der Waals surface area contributed by atoms with E-state index < -0.39 is 17.1 Å². The maximum absolute atomic E-state index is 13.3. The van der Waals surface area contributed by atoms with Gasteiger partial charge in [-0.25, -0.2) is 5.01 Å². The van der Waals surface area contributed by atoms with Crippen molar-refractivity contribution in [1.82, 2.24) is 10.4 Å². The molecule has 0 saturated carbocycles. The van der Waals surface area contributed by atoms with Crippen LogP contribution in [0.4, 0.5) is 5.69 Å². The van der Waals surface area contributed by atoms with Crippen LogP contribution < -0.4 is 16.5 Å². The third-order valence-corrected chi connectivity index (χ3v) is 4.90. The molecule has 0 bridgehead atoms. The predicted molar refractivity (Wildman–Crippen MR) is 102 cm³/mol. The normalized spacial score (nSPS) is 16.9. The lowest BCUT2D eigenvalue weighted by Gasteiger charge is -2.33. The number of hydrogen-bond acceptors (Lipinski definition) is 6. The number of hydrogen-bond donors (Lipinski definition) is 3. The van der Waals surface area contributed by atoms with Gasteiger partial charge in [0, 0.05) is 16.8 Å². The Labute approximate surface area is 160 Å². The summed E-state index contributed by atoms with van der Waals surface area (Å²) in [6.45, 7) is 0. The highest BCUT2D eigenvalue weighted by molar-refractivity contribution is 7.80. The van der Waals surface area contributed by atoms with E-state index in [4.69, 9.17) is 18.0 Å². The zero-order valence-electron chi connectivity index (χ0n) is 13.9. The molecule has 1 aliphatic carbocycles. The number of nitrogens with two attached hydrogens (primary N) is 1. The van der Waals surface area contributed by atoms with E-state index in [1.165, 1.54) is 5.01 Å². The molecule has 1 heterocycles. The van der Waals surface area contributed by atoms with Gasteiger partial charge in [0.2, 0.25) is 17.1 Å². The van der Waals surface area contributed by atoms with Gasteiger partial charge in [0.15, 0.2) is 5.11 Å². The maximum atomic E-state index is 13.3. The van der Waals surface area contributed by atoms with Crippen LogP contribution in [0.15, 0.2) is 66.0 Å². The van der Waals surface area contributed by atoms with Crippen molar-refractivity contribution in [1.29, 1.82) is 5.26 Å². The van der Waals surface area contributed by atoms with Crippen molar-refractivity contribution in [3.63, 3.8) is 0 Å². The summed E-state index contributed by atoms with van der Waals surface area (Å²) in [6.07, 6.45) is 0. The van der Waals surface area contributed by atoms with E-state index in [9.17, 15) is 14.9 Å². The van der Waals surface area contributed by atoms with Crippen LogP contribution in [-0.2, 0) is 0 Å². The molecule has 1 aliphatic heterocycles. The van der Waals surface area contributed by atoms with Gasteiger partial charge in [-0.2, -0.15) is 5.26 Å². The van der Waals surface area contributed by atoms with E-state index in [0.29, 0.717) is 5.69 Å². The molecule has 1 spiro atoms. The van der Waals surface area contributed by atoms with Crippen LogP contribution in [0, 0.1) is 11.3 Å². The fourth-order valence-electron chi connectivity index (χ4n) is 3.41. The first-order valence-electron chi connectivity index (χ1n) is 8.03. The highest BCUT2D eigenvalue weighted by Crippen LogP contribution is 2.42. The van der Waals surface area contributed by atoms with E-state index in [-0.39, 0.29) is 27.6 Å². The highest BCUT2D eigenvalue weighted by atomic mass is 32.1. The molecule has 4 N–H and O–H groups in total. The molecule has 0 aromatic heterocycles. The average Bonchev–Trinajstić information content (AvgIpc) is 3.11. The number of nitriles is 1.